The number of ketones is 1. The lowest BCUT2D eigenvalue weighted by atomic mass is 9.64. The van der Waals surface area contributed by atoms with Crippen LogP contribution in [0.3, 0.4) is 0 Å². The molecule has 4 nitrogen and oxygen atoms in total. The lowest BCUT2D eigenvalue weighted by Gasteiger charge is -2.13. The maximum absolute atomic E-state index is 10.9. The van der Waals surface area contributed by atoms with E-state index in [1.807, 2.05) is 0 Å². The van der Waals surface area contributed by atoms with Gasteiger partial charge in [0.2, 0.25) is 3.79 Å². The fourth-order valence-corrected chi connectivity index (χ4v) is 2.35. The summed E-state index contributed by atoms with van der Waals surface area (Å²) >= 11 is 16.1. The summed E-state index contributed by atoms with van der Waals surface area (Å²) in [5, 5.41) is 0. The average Bonchev–Trinajstić information content (AvgIpc) is 2.56. The molecule has 2 aromatic carbocycles. The second-order valence-corrected chi connectivity index (χ2v) is 7.64. The Hall–Kier alpha value is -1.95. The number of primary amides is 1. The average molecular weight is 412 g/mol. The Morgan fingerprint density at radius 1 is 0.846 bits per heavy atom. The quantitative estimate of drug-likeness (QED) is 0.264. The van der Waals surface area contributed by atoms with Crippen LogP contribution in [0, 0.1) is 0 Å². The summed E-state index contributed by atoms with van der Waals surface area (Å²) in [6, 6.07) is 21.1. The van der Waals surface area contributed by atoms with E-state index in [4.69, 9.17) is 46.3 Å². The summed E-state index contributed by atoms with van der Waals surface area (Å²) in [7, 11) is 1.03. The van der Waals surface area contributed by atoms with Crippen molar-refractivity contribution in [2.24, 2.45) is 11.5 Å². The fourth-order valence-electron chi connectivity index (χ4n) is 2.07. The Kier molecular flexibility index (Phi) is 8.72. The molecule has 0 bridgehead atoms. The van der Waals surface area contributed by atoms with E-state index in [0.29, 0.717) is 0 Å². The molecule has 0 atom stereocenters. The minimum absolute atomic E-state index is 0.461. The summed E-state index contributed by atoms with van der Waals surface area (Å²) in [6.45, 7) is 1.10. The molecule has 0 spiro atoms. The molecule has 0 aliphatic heterocycles. The number of nitrogens with two attached hydrogens (primary N) is 2. The molecule has 2 aromatic rings. The number of hydrogen-bond donors (Lipinski definition) is 2. The summed E-state index contributed by atoms with van der Waals surface area (Å²) < 4.78 is -2.00. The van der Waals surface area contributed by atoms with Crippen molar-refractivity contribution < 1.29 is 9.59 Å². The molecule has 0 fully saturated rings. The molecule has 0 radical (unpaired) electrons. The van der Waals surface area contributed by atoms with Crippen molar-refractivity contribution in [1.29, 1.82) is 0 Å². The van der Waals surface area contributed by atoms with Crippen LogP contribution in [0.2, 0.25) is 0 Å². The number of hydrogen-bond acceptors (Lipinski definition) is 3. The Morgan fingerprint density at radius 2 is 1.23 bits per heavy atom. The lowest BCUT2D eigenvalue weighted by Crippen LogP contribution is -2.29. The summed E-state index contributed by atoms with van der Waals surface area (Å²) in [4.78, 5) is 21.6. The van der Waals surface area contributed by atoms with Crippen LogP contribution in [0.25, 0.3) is 0 Å². The molecule has 0 saturated heterocycles. The first kappa shape index (κ1) is 22.1. The number of Topliss-reactive ketones (excluding diaryl/α,β-unsaturated/α-hetero) is 1. The van der Waals surface area contributed by atoms with Crippen LogP contribution in [0.1, 0.15) is 6.92 Å². The Labute approximate surface area is 168 Å². The maximum atomic E-state index is 10.9. The Bertz CT molecular complexity index is 723. The van der Waals surface area contributed by atoms with Gasteiger partial charge in [-0.3, -0.25) is 9.59 Å². The van der Waals surface area contributed by atoms with Crippen molar-refractivity contribution >= 4 is 64.7 Å². The summed E-state index contributed by atoms with van der Waals surface area (Å²) in [5.74, 6) is -1.66. The van der Waals surface area contributed by atoms with E-state index in [-0.39, 0.29) is 0 Å². The van der Waals surface area contributed by atoms with E-state index < -0.39 is 26.8 Å². The first-order valence-corrected chi connectivity index (χ1v) is 8.71. The van der Waals surface area contributed by atoms with Crippen LogP contribution in [-0.2, 0) is 9.59 Å². The SMILES string of the molecule is B(c1ccccc1)c1ccccc1.CC(=O)/C(C(N)=O)=C(/N)C(Cl)(Cl)Cl. The van der Waals surface area contributed by atoms with Gasteiger partial charge in [0.05, 0.1) is 5.70 Å². The number of benzene rings is 2. The van der Waals surface area contributed by atoms with Crippen LogP contribution in [-0.4, -0.2) is 22.8 Å². The number of rotatable bonds is 4. The molecular weight excluding hydrogens is 393 g/mol. The van der Waals surface area contributed by atoms with Gasteiger partial charge in [-0.15, -0.1) is 0 Å². The molecule has 1 amide bonds. The van der Waals surface area contributed by atoms with Crippen LogP contribution < -0.4 is 22.4 Å². The minimum Gasteiger partial charge on any atom is -0.398 e. The smallest absolute Gasteiger partial charge is 0.254 e. The topological polar surface area (TPSA) is 86.2 Å². The van der Waals surface area contributed by atoms with E-state index in [1.54, 1.807) is 0 Å². The van der Waals surface area contributed by atoms with Gasteiger partial charge in [0.25, 0.3) is 5.91 Å². The van der Waals surface area contributed by atoms with Crippen LogP contribution in [0.15, 0.2) is 71.9 Å². The van der Waals surface area contributed by atoms with Crippen LogP contribution in [0.5, 0.6) is 0 Å². The number of carbonyl (C=O) groups is 2. The number of carbonyl (C=O) groups excluding carboxylic acids is 2. The van der Waals surface area contributed by atoms with Crippen molar-refractivity contribution in [3.63, 3.8) is 0 Å². The van der Waals surface area contributed by atoms with Gasteiger partial charge in [0.1, 0.15) is 5.57 Å². The standard InChI is InChI=1S/C12H11B.C6H7Cl3N2O2/c1-3-7-11(8-4-1)13-12-9-5-2-6-10-12;1-2(12)3(5(11)13)4(10)6(7,8)9/h1-10,13H;10H2,1H3,(H2,11,13)/b;4-3-. The van der Waals surface area contributed by atoms with Gasteiger partial charge in [0.15, 0.2) is 13.1 Å². The predicted octanol–water partition coefficient (Wildman–Crippen LogP) is 1.72. The first-order valence-electron chi connectivity index (χ1n) is 7.58. The number of allylic oxidation sites excluding steroid dienone is 1. The molecule has 8 heteroatoms. The highest BCUT2D eigenvalue weighted by atomic mass is 35.6. The number of alkyl halides is 3. The summed E-state index contributed by atoms with van der Waals surface area (Å²) in [5.41, 5.74) is 11.9. The van der Waals surface area contributed by atoms with E-state index in [0.717, 1.165) is 14.2 Å². The molecule has 0 aliphatic rings. The van der Waals surface area contributed by atoms with E-state index in [2.05, 4.69) is 60.7 Å². The highest BCUT2D eigenvalue weighted by Crippen LogP contribution is 2.33. The van der Waals surface area contributed by atoms with Gasteiger partial charge < -0.3 is 11.5 Å². The predicted molar refractivity (Wildman–Crippen MR) is 111 cm³/mol. The van der Waals surface area contributed by atoms with Gasteiger partial charge in [-0.25, -0.2) is 0 Å². The fraction of sp³-hybridized carbons (Fsp3) is 0.111. The van der Waals surface area contributed by atoms with Crippen molar-refractivity contribution in [3.8, 4) is 0 Å². The Balaban J connectivity index is 0.000000260. The lowest BCUT2D eigenvalue weighted by molar-refractivity contribution is -0.119. The second kappa shape index (κ2) is 10.3. The van der Waals surface area contributed by atoms with E-state index in [1.165, 1.54) is 10.9 Å². The molecule has 0 aromatic heterocycles. The third-order valence-electron chi connectivity index (χ3n) is 3.27. The second-order valence-electron chi connectivity index (χ2n) is 5.35. The van der Waals surface area contributed by atoms with E-state index in [9.17, 15) is 9.59 Å². The van der Waals surface area contributed by atoms with Crippen LogP contribution >= 0.6 is 34.8 Å². The minimum atomic E-state index is -2.00. The zero-order valence-electron chi connectivity index (χ0n) is 14.1. The molecule has 0 unspecified atom stereocenters. The van der Waals surface area contributed by atoms with Gasteiger partial charge in [-0.2, -0.15) is 0 Å². The molecular formula is C18H18BCl3N2O2. The number of amides is 1. The Morgan fingerprint density at radius 3 is 1.46 bits per heavy atom. The van der Waals surface area contributed by atoms with Crippen molar-refractivity contribution in [3.05, 3.63) is 71.9 Å². The van der Waals surface area contributed by atoms with E-state index >= 15 is 0 Å². The van der Waals surface area contributed by atoms with Gasteiger partial charge >= 0.3 is 0 Å². The third kappa shape index (κ3) is 7.52. The number of halogens is 3. The normalized spacial score (nSPS) is 11.5. The van der Waals surface area contributed by atoms with Crippen LogP contribution in [0.4, 0.5) is 0 Å². The van der Waals surface area contributed by atoms with Crippen molar-refractivity contribution in [1.82, 2.24) is 0 Å². The highest BCUT2D eigenvalue weighted by molar-refractivity contribution is 6.69. The summed E-state index contributed by atoms with van der Waals surface area (Å²) in [6.07, 6.45) is 0. The molecule has 0 heterocycles. The zero-order chi connectivity index (χ0) is 19.7. The molecule has 136 valence electrons. The molecule has 26 heavy (non-hydrogen) atoms. The largest absolute Gasteiger partial charge is 0.398 e. The molecule has 4 N–H and O–H groups in total. The monoisotopic (exact) mass is 410 g/mol. The van der Waals surface area contributed by atoms with Crippen molar-refractivity contribution in [2.75, 3.05) is 0 Å². The van der Waals surface area contributed by atoms with Gasteiger partial charge in [-0.05, 0) is 6.92 Å². The van der Waals surface area contributed by atoms with Gasteiger partial charge in [0, 0.05) is 0 Å². The maximum Gasteiger partial charge on any atom is 0.254 e. The van der Waals surface area contributed by atoms with Crippen molar-refractivity contribution in [2.45, 2.75) is 10.7 Å². The third-order valence-corrected chi connectivity index (χ3v) is 3.88. The van der Waals surface area contributed by atoms with Gasteiger partial charge in [-0.1, -0.05) is 106 Å². The molecule has 2 rings (SSSR count). The highest BCUT2D eigenvalue weighted by Gasteiger charge is 2.30. The molecule has 0 saturated carbocycles. The zero-order valence-corrected chi connectivity index (χ0v) is 16.4. The first-order chi connectivity index (χ1) is 12.1. The molecule has 0 aliphatic carbocycles.